The number of carbonyl (C=O) groups excluding carboxylic acids is 4. The highest BCUT2D eigenvalue weighted by atomic mass is 16.6. The number of rotatable bonds is 6. The summed E-state index contributed by atoms with van der Waals surface area (Å²) < 4.78 is 5.12. The van der Waals surface area contributed by atoms with E-state index >= 15 is 0 Å². The first-order valence-corrected chi connectivity index (χ1v) is 10.3. The SMILES string of the molecule is CC(C)(C)OC(=O)NCCN(CC(=O)O)C(=O)c1ccc2c(c1)C(=O)c1ccccc1C2=O. The molecule has 2 aromatic carbocycles. The number of aliphatic carboxylic acids is 1. The van der Waals surface area contributed by atoms with Crippen molar-refractivity contribution in [1.82, 2.24) is 10.2 Å². The van der Waals surface area contributed by atoms with Crippen molar-refractivity contribution >= 4 is 29.5 Å². The van der Waals surface area contributed by atoms with Crippen molar-refractivity contribution in [1.29, 1.82) is 0 Å². The number of ether oxygens (including phenoxy) is 1. The van der Waals surface area contributed by atoms with Gasteiger partial charge in [0.25, 0.3) is 5.91 Å². The molecule has 1 aliphatic carbocycles. The topological polar surface area (TPSA) is 130 Å². The summed E-state index contributed by atoms with van der Waals surface area (Å²) in [4.78, 5) is 62.8. The van der Waals surface area contributed by atoms with Gasteiger partial charge in [-0.3, -0.25) is 19.2 Å². The number of fused-ring (bicyclic) bond motifs is 2. The lowest BCUT2D eigenvalue weighted by Crippen LogP contribution is -2.42. The maximum absolute atomic E-state index is 13.0. The van der Waals surface area contributed by atoms with Crippen molar-refractivity contribution in [2.24, 2.45) is 0 Å². The fraction of sp³-hybridized carbons (Fsp3) is 0.292. The highest BCUT2D eigenvalue weighted by Crippen LogP contribution is 2.28. The molecular formula is C24H24N2O7. The summed E-state index contributed by atoms with van der Waals surface area (Å²) in [6, 6.07) is 10.5. The van der Waals surface area contributed by atoms with Crippen LogP contribution in [0.15, 0.2) is 42.5 Å². The summed E-state index contributed by atoms with van der Waals surface area (Å²) in [5.41, 5.74) is 0.191. The molecule has 0 unspecified atom stereocenters. The number of nitrogens with one attached hydrogen (secondary N) is 1. The fourth-order valence-electron chi connectivity index (χ4n) is 3.44. The smallest absolute Gasteiger partial charge is 0.407 e. The number of hydrogen-bond donors (Lipinski definition) is 2. The number of carbonyl (C=O) groups is 5. The van der Waals surface area contributed by atoms with Gasteiger partial charge in [-0.25, -0.2) is 4.79 Å². The molecular weight excluding hydrogens is 428 g/mol. The first-order valence-electron chi connectivity index (χ1n) is 10.3. The van der Waals surface area contributed by atoms with Crippen molar-refractivity contribution in [2.75, 3.05) is 19.6 Å². The number of ketones is 2. The Balaban J connectivity index is 1.80. The van der Waals surface area contributed by atoms with Crippen LogP contribution >= 0.6 is 0 Å². The van der Waals surface area contributed by atoms with Crippen LogP contribution in [0.25, 0.3) is 0 Å². The Morgan fingerprint density at radius 3 is 2.09 bits per heavy atom. The second kappa shape index (κ2) is 9.23. The standard InChI is InChI=1S/C24H24N2O7/c1-24(2,3)33-23(32)25-10-11-26(13-19(27)28)22(31)14-8-9-17-18(12-14)21(30)16-7-5-4-6-15(16)20(17)29/h4-9,12H,10-11,13H2,1-3H3,(H,25,32)(H,27,28). The summed E-state index contributed by atoms with van der Waals surface area (Å²) in [7, 11) is 0. The van der Waals surface area contributed by atoms with Gasteiger partial charge in [0.1, 0.15) is 12.1 Å². The highest BCUT2D eigenvalue weighted by molar-refractivity contribution is 6.28. The Kier molecular flexibility index (Phi) is 6.62. The summed E-state index contributed by atoms with van der Waals surface area (Å²) in [5.74, 6) is -2.58. The quantitative estimate of drug-likeness (QED) is 0.588. The Bertz CT molecular complexity index is 1150. The first kappa shape index (κ1) is 23.6. The molecule has 0 aliphatic heterocycles. The van der Waals surface area contributed by atoms with E-state index in [1.807, 2.05) is 0 Å². The number of alkyl carbamates (subject to hydrolysis) is 1. The van der Waals surface area contributed by atoms with E-state index in [-0.39, 0.29) is 46.9 Å². The minimum Gasteiger partial charge on any atom is -0.480 e. The summed E-state index contributed by atoms with van der Waals surface area (Å²) in [6.07, 6.45) is -0.693. The molecule has 9 heteroatoms. The fourth-order valence-corrected chi connectivity index (χ4v) is 3.44. The Hall–Kier alpha value is -4.01. The zero-order chi connectivity index (χ0) is 24.3. The molecule has 0 saturated heterocycles. The predicted octanol–water partition coefficient (Wildman–Crippen LogP) is 2.51. The number of amides is 2. The lowest BCUT2D eigenvalue weighted by Gasteiger charge is -2.23. The minimum absolute atomic E-state index is 0.0380. The molecule has 172 valence electrons. The summed E-state index contributed by atoms with van der Waals surface area (Å²) >= 11 is 0. The summed E-state index contributed by atoms with van der Waals surface area (Å²) in [5, 5.41) is 11.7. The second-order valence-corrected chi connectivity index (χ2v) is 8.51. The van der Waals surface area contributed by atoms with Crippen LogP contribution in [0.2, 0.25) is 0 Å². The lowest BCUT2D eigenvalue weighted by atomic mass is 9.83. The monoisotopic (exact) mass is 452 g/mol. The highest BCUT2D eigenvalue weighted by Gasteiger charge is 2.30. The largest absolute Gasteiger partial charge is 0.480 e. The molecule has 0 aromatic heterocycles. The molecule has 0 spiro atoms. The third kappa shape index (κ3) is 5.43. The Labute approximate surface area is 190 Å². The third-order valence-corrected chi connectivity index (χ3v) is 4.84. The molecule has 2 aromatic rings. The molecule has 33 heavy (non-hydrogen) atoms. The lowest BCUT2D eigenvalue weighted by molar-refractivity contribution is -0.137. The van der Waals surface area contributed by atoms with Crippen LogP contribution in [0, 0.1) is 0 Å². The van der Waals surface area contributed by atoms with Crippen molar-refractivity contribution in [2.45, 2.75) is 26.4 Å². The van der Waals surface area contributed by atoms with Crippen LogP contribution in [0.4, 0.5) is 4.79 Å². The van der Waals surface area contributed by atoms with Crippen LogP contribution < -0.4 is 5.32 Å². The van der Waals surface area contributed by atoms with E-state index in [0.717, 1.165) is 4.90 Å². The first-order chi connectivity index (χ1) is 15.5. The zero-order valence-electron chi connectivity index (χ0n) is 18.5. The van der Waals surface area contributed by atoms with Crippen molar-refractivity contribution in [3.63, 3.8) is 0 Å². The zero-order valence-corrected chi connectivity index (χ0v) is 18.5. The molecule has 0 fully saturated rings. The van der Waals surface area contributed by atoms with E-state index in [9.17, 15) is 29.1 Å². The van der Waals surface area contributed by atoms with Gasteiger partial charge < -0.3 is 20.1 Å². The number of carboxylic acids is 1. The Morgan fingerprint density at radius 2 is 1.52 bits per heavy atom. The number of nitrogens with zero attached hydrogens (tertiary/aromatic N) is 1. The normalized spacial score (nSPS) is 12.5. The molecule has 0 radical (unpaired) electrons. The van der Waals surface area contributed by atoms with Gasteiger partial charge >= 0.3 is 12.1 Å². The Morgan fingerprint density at radius 1 is 0.939 bits per heavy atom. The number of benzene rings is 2. The van der Waals surface area contributed by atoms with Crippen LogP contribution in [0.3, 0.4) is 0 Å². The van der Waals surface area contributed by atoms with Crippen molar-refractivity contribution in [3.05, 3.63) is 70.3 Å². The second-order valence-electron chi connectivity index (χ2n) is 8.51. The van der Waals surface area contributed by atoms with Gasteiger partial charge in [-0.1, -0.05) is 24.3 Å². The molecule has 0 saturated carbocycles. The summed E-state index contributed by atoms with van der Waals surface area (Å²) in [6.45, 7) is 4.36. The molecule has 1 aliphatic rings. The molecule has 2 amide bonds. The third-order valence-electron chi connectivity index (χ3n) is 4.84. The van der Waals surface area contributed by atoms with Gasteiger partial charge in [0.2, 0.25) is 0 Å². The molecule has 0 atom stereocenters. The van der Waals surface area contributed by atoms with Gasteiger partial charge in [-0.05, 0) is 39.0 Å². The average molecular weight is 452 g/mol. The molecule has 2 N–H and O–H groups in total. The van der Waals surface area contributed by atoms with Crippen molar-refractivity contribution in [3.8, 4) is 0 Å². The van der Waals surface area contributed by atoms with Crippen LogP contribution in [0.1, 0.15) is 63.0 Å². The van der Waals surface area contributed by atoms with E-state index in [0.29, 0.717) is 5.56 Å². The van der Waals surface area contributed by atoms with Gasteiger partial charge in [0, 0.05) is 40.9 Å². The van der Waals surface area contributed by atoms with Crippen LogP contribution in [-0.4, -0.2) is 64.8 Å². The average Bonchev–Trinajstić information content (AvgIpc) is 2.74. The number of carboxylic acid groups (broad SMARTS) is 1. The maximum atomic E-state index is 13.0. The molecule has 0 heterocycles. The van der Waals surface area contributed by atoms with E-state index in [4.69, 9.17) is 4.74 Å². The predicted molar refractivity (Wildman–Crippen MR) is 118 cm³/mol. The van der Waals surface area contributed by atoms with Gasteiger partial charge in [-0.2, -0.15) is 0 Å². The maximum Gasteiger partial charge on any atom is 0.407 e. The molecule has 9 nitrogen and oxygen atoms in total. The van der Waals surface area contributed by atoms with Crippen molar-refractivity contribution < 1.29 is 33.8 Å². The van der Waals surface area contributed by atoms with Gasteiger partial charge in [-0.15, -0.1) is 0 Å². The minimum atomic E-state index is -1.24. The van der Waals surface area contributed by atoms with Gasteiger partial charge in [0.15, 0.2) is 11.6 Å². The number of hydrogen-bond acceptors (Lipinski definition) is 6. The van der Waals surface area contributed by atoms with E-state index in [1.165, 1.54) is 18.2 Å². The van der Waals surface area contributed by atoms with E-state index < -0.39 is 30.1 Å². The van der Waals surface area contributed by atoms with Crippen LogP contribution in [0.5, 0.6) is 0 Å². The molecule has 3 rings (SSSR count). The van der Waals surface area contributed by atoms with Gasteiger partial charge in [0.05, 0.1) is 0 Å². The van der Waals surface area contributed by atoms with E-state index in [2.05, 4.69) is 5.32 Å². The molecule has 0 bridgehead atoms. The van der Waals surface area contributed by atoms with Crippen LogP contribution in [-0.2, 0) is 9.53 Å². The van der Waals surface area contributed by atoms with E-state index in [1.54, 1.807) is 45.0 Å².